The summed E-state index contributed by atoms with van der Waals surface area (Å²) in [6.45, 7) is 4.16. The Balaban J connectivity index is 1.63. The van der Waals surface area contributed by atoms with Crippen LogP contribution in [0.2, 0.25) is 0 Å². The van der Waals surface area contributed by atoms with Gasteiger partial charge in [0.2, 0.25) is 0 Å². The molecule has 0 bridgehead atoms. The van der Waals surface area contributed by atoms with Gasteiger partial charge in [-0.2, -0.15) is 0 Å². The van der Waals surface area contributed by atoms with E-state index in [0.717, 1.165) is 65.7 Å². The Bertz CT molecular complexity index is 2200. The van der Waals surface area contributed by atoms with Gasteiger partial charge in [0.25, 0.3) is 0 Å². The van der Waals surface area contributed by atoms with Crippen LogP contribution in [0, 0.1) is 0 Å². The molecule has 222 valence electrons. The molecule has 10 N–H and O–H groups in total. The molecular weight excluding hydrogens is 550 g/mol. The number of hydrogen-bond acceptors (Lipinski definition) is 5. The minimum Gasteiger partial charge on any atom is -0.397 e. The molecule has 0 aromatic heterocycles. The fourth-order valence-corrected chi connectivity index (χ4v) is 7.18. The quantitative estimate of drug-likeness (QED) is 0.101. The Kier molecular flexibility index (Phi) is 6.74. The van der Waals surface area contributed by atoms with E-state index in [9.17, 15) is 0 Å². The highest BCUT2D eigenvalue weighted by atomic mass is 14.8. The SMILES string of the molecule is CCc1c(N)c(N)c(N)c2c(-c3c4ccccc4c(-c4ccc(-c5ccccc5)cc4)c4ccccc34)c(N)c(N)c(CC)c12. The van der Waals surface area contributed by atoms with Crippen LogP contribution in [0.3, 0.4) is 0 Å². The zero-order valence-electron chi connectivity index (χ0n) is 25.6. The zero-order chi connectivity index (χ0) is 31.4. The van der Waals surface area contributed by atoms with Gasteiger partial charge in [0.15, 0.2) is 0 Å². The Morgan fingerprint density at radius 3 is 1.29 bits per heavy atom. The minimum atomic E-state index is 0.385. The number of rotatable bonds is 5. The molecule has 5 heteroatoms. The van der Waals surface area contributed by atoms with Crippen LogP contribution < -0.4 is 28.7 Å². The number of aryl methyl sites for hydroxylation is 2. The maximum atomic E-state index is 7.06. The summed E-state index contributed by atoms with van der Waals surface area (Å²) >= 11 is 0. The standard InChI is InChI=1S/C40H37N5/c1-3-25-32-26(4-2)37(42)40(45)39(44)34(32)35(38(43)36(25)41)33-29-16-10-8-14-27(29)31(28-15-9-11-17-30(28)33)24-20-18-23(19-21-24)22-12-6-5-7-13-22/h5-21H,3-4,41-45H2,1-2H3. The van der Waals surface area contributed by atoms with Crippen molar-refractivity contribution in [1.29, 1.82) is 0 Å². The second-order valence-electron chi connectivity index (χ2n) is 11.6. The summed E-state index contributed by atoms with van der Waals surface area (Å²) in [5.74, 6) is 0. The molecule has 7 aromatic carbocycles. The highest BCUT2D eigenvalue weighted by Crippen LogP contribution is 2.53. The third-order valence-corrected chi connectivity index (χ3v) is 9.33. The fraction of sp³-hybridized carbons (Fsp3) is 0.100. The van der Waals surface area contributed by atoms with Crippen molar-refractivity contribution in [3.8, 4) is 33.4 Å². The summed E-state index contributed by atoms with van der Waals surface area (Å²) in [6, 6.07) is 36.2. The number of fused-ring (bicyclic) bond motifs is 3. The second-order valence-corrected chi connectivity index (χ2v) is 11.6. The van der Waals surface area contributed by atoms with Crippen molar-refractivity contribution in [2.24, 2.45) is 0 Å². The first-order valence-electron chi connectivity index (χ1n) is 15.5. The maximum Gasteiger partial charge on any atom is 0.0791 e. The van der Waals surface area contributed by atoms with E-state index in [-0.39, 0.29) is 0 Å². The Hall–Kier alpha value is -5.68. The largest absolute Gasteiger partial charge is 0.397 e. The van der Waals surface area contributed by atoms with E-state index in [2.05, 4.69) is 111 Å². The van der Waals surface area contributed by atoms with E-state index >= 15 is 0 Å². The molecule has 0 atom stereocenters. The third kappa shape index (κ3) is 4.15. The molecule has 0 unspecified atom stereocenters. The Morgan fingerprint density at radius 2 is 0.778 bits per heavy atom. The first-order chi connectivity index (χ1) is 21.9. The molecule has 0 saturated heterocycles. The maximum absolute atomic E-state index is 7.06. The van der Waals surface area contributed by atoms with E-state index in [1.165, 1.54) is 11.1 Å². The highest BCUT2D eigenvalue weighted by Gasteiger charge is 2.27. The van der Waals surface area contributed by atoms with Crippen molar-refractivity contribution in [3.63, 3.8) is 0 Å². The molecule has 0 saturated carbocycles. The van der Waals surface area contributed by atoms with Crippen LogP contribution in [0.1, 0.15) is 25.0 Å². The monoisotopic (exact) mass is 587 g/mol. The molecule has 0 spiro atoms. The molecule has 0 heterocycles. The second kappa shape index (κ2) is 10.8. The van der Waals surface area contributed by atoms with Crippen molar-refractivity contribution >= 4 is 60.8 Å². The highest BCUT2D eigenvalue weighted by molar-refractivity contribution is 6.28. The van der Waals surface area contributed by atoms with Gasteiger partial charge in [0.1, 0.15) is 0 Å². The minimum absolute atomic E-state index is 0.385. The van der Waals surface area contributed by atoms with E-state index in [1.807, 2.05) is 6.07 Å². The van der Waals surface area contributed by atoms with Crippen molar-refractivity contribution in [2.45, 2.75) is 26.7 Å². The Labute approximate surface area is 263 Å². The van der Waals surface area contributed by atoms with Gasteiger partial charge < -0.3 is 28.7 Å². The number of hydrogen-bond donors (Lipinski definition) is 5. The van der Waals surface area contributed by atoms with Crippen LogP contribution in [0.5, 0.6) is 0 Å². The fourth-order valence-electron chi connectivity index (χ4n) is 7.18. The molecule has 0 aliphatic carbocycles. The van der Waals surface area contributed by atoms with Crippen LogP contribution in [0.15, 0.2) is 103 Å². The van der Waals surface area contributed by atoms with E-state index in [1.54, 1.807) is 0 Å². The lowest BCUT2D eigenvalue weighted by Gasteiger charge is -2.25. The zero-order valence-corrected chi connectivity index (χ0v) is 25.6. The summed E-state index contributed by atoms with van der Waals surface area (Å²) in [7, 11) is 0. The first kappa shape index (κ1) is 28.1. The van der Waals surface area contributed by atoms with E-state index < -0.39 is 0 Å². The number of benzene rings is 7. The first-order valence-corrected chi connectivity index (χ1v) is 15.5. The van der Waals surface area contributed by atoms with Gasteiger partial charge in [0, 0.05) is 16.5 Å². The van der Waals surface area contributed by atoms with Crippen molar-refractivity contribution < 1.29 is 0 Å². The van der Waals surface area contributed by atoms with Gasteiger partial charge in [-0.05, 0) is 73.2 Å². The van der Waals surface area contributed by atoms with Crippen LogP contribution in [-0.4, -0.2) is 0 Å². The van der Waals surface area contributed by atoms with Gasteiger partial charge in [-0.15, -0.1) is 0 Å². The van der Waals surface area contributed by atoms with Crippen LogP contribution in [-0.2, 0) is 12.8 Å². The predicted molar refractivity (Wildman–Crippen MR) is 196 cm³/mol. The van der Waals surface area contributed by atoms with Crippen molar-refractivity contribution in [2.75, 3.05) is 28.7 Å². The van der Waals surface area contributed by atoms with Crippen molar-refractivity contribution in [1.82, 2.24) is 0 Å². The molecule has 0 amide bonds. The summed E-state index contributed by atoms with van der Waals surface area (Å²) in [5, 5.41) is 6.12. The topological polar surface area (TPSA) is 130 Å². The van der Waals surface area contributed by atoms with Gasteiger partial charge in [-0.25, -0.2) is 0 Å². The lowest BCUT2D eigenvalue weighted by Crippen LogP contribution is -2.11. The number of anilines is 5. The van der Waals surface area contributed by atoms with Crippen LogP contribution in [0.25, 0.3) is 65.7 Å². The molecule has 0 aliphatic rings. The summed E-state index contributed by atoms with van der Waals surface area (Å²) < 4.78 is 0. The molecule has 7 aromatic rings. The lowest BCUT2D eigenvalue weighted by molar-refractivity contribution is 1.13. The summed E-state index contributed by atoms with van der Waals surface area (Å²) in [6.07, 6.45) is 1.37. The average molecular weight is 588 g/mol. The number of nitrogens with two attached hydrogens (primary N) is 5. The van der Waals surface area contributed by atoms with E-state index in [0.29, 0.717) is 41.3 Å². The third-order valence-electron chi connectivity index (χ3n) is 9.33. The van der Waals surface area contributed by atoms with Gasteiger partial charge >= 0.3 is 0 Å². The van der Waals surface area contributed by atoms with Crippen LogP contribution >= 0.6 is 0 Å². The smallest absolute Gasteiger partial charge is 0.0791 e. The lowest BCUT2D eigenvalue weighted by atomic mass is 9.81. The number of nitrogen functional groups attached to an aromatic ring is 5. The Morgan fingerprint density at radius 1 is 0.356 bits per heavy atom. The van der Waals surface area contributed by atoms with Gasteiger partial charge in [-0.3, -0.25) is 0 Å². The molecule has 0 aliphatic heterocycles. The summed E-state index contributed by atoms with van der Waals surface area (Å²) in [4.78, 5) is 0. The van der Waals surface area contributed by atoms with Gasteiger partial charge in [0.05, 0.1) is 28.4 Å². The van der Waals surface area contributed by atoms with Crippen molar-refractivity contribution in [3.05, 3.63) is 114 Å². The molecule has 45 heavy (non-hydrogen) atoms. The molecule has 7 rings (SSSR count). The summed E-state index contributed by atoms with van der Waals surface area (Å²) in [5.41, 5.74) is 44.8. The molecule has 0 radical (unpaired) electrons. The molecule has 5 nitrogen and oxygen atoms in total. The predicted octanol–water partition coefficient (Wildman–Crippen LogP) is 9.18. The van der Waals surface area contributed by atoms with Crippen LogP contribution in [0.4, 0.5) is 28.4 Å². The van der Waals surface area contributed by atoms with E-state index in [4.69, 9.17) is 28.7 Å². The average Bonchev–Trinajstić information content (AvgIpc) is 3.08. The normalized spacial score (nSPS) is 11.5. The van der Waals surface area contributed by atoms with Gasteiger partial charge in [-0.1, -0.05) is 117 Å². The molecule has 0 fully saturated rings. The molecular formula is C40H37N5.